The highest BCUT2D eigenvalue weighted by Crippen LogP contribution is 2.32. The number of hydrogen-bond donors (Lipinski definition) is 1. The maximum absolute atomic E-state index is 13.6. The number of thiophene rings is 1. The van der Waals surface area contributed by atoms with Crippen LogP contribution < -0.4 is 5.32 Å². The molecule has 0 amide bonds. The fourth-order valence-electron chi connectivity index (χ4n) is 1.42. The van der Waals surface area contributed by atoms with Crippen molar-refractivity contribution in [2.24, 2.45) is 0 Å². The second-order valence-corrected chi connectivity index (χ2v) is 6.20. The Kier molecular flexibility index (Phi) is 4.38. The molecule has 0 spiro atoms. The van der Waals surface area contributed by atoms with E-state index in [9.17, 15) is 14.5 Å². The van der Waals surface area contributed by atoms with Gasteiger partial charge >= 0.3 is 0 Å². The van der Waals surface area contributed by atoms with Crippen LogP contribution in [-0.2, 0) is 6.54 Å². The van der Waals surface area contributed by atoms with E-state index < -0.39 is 10.7 Å². The SMILES string of the molecule is O=[N+]([O-])c1ccc(NCc2cc(Br)c(Cl)s2)c(F)c1. The van der Waals surface area contributed by atoms with Crippen LogP contribution in [0.15, 0.2) is 28.7 Å². The summed E-state index contributed by atoms with van der Waals surface area (Å²) < 4.78 is 15.0. The summed E-state index contributed by atoms with van der Waals surface area (Å²) >= 11 is 10.5. The third-order valence-electron chi connectivity index (χ3n) is 2.31. The Bertz CT molecular complexity index is 616. The molecule has 0 atom stereocenters. The summed E-state index contributed by atoms with van der Waals surface area (Å²) in [5, 5.41) is 13.4. The molecule has 2 rings (SSSR count). The molecule has 1 heterocycles. The number of halogens is 3. The van der Waals surface area contributed by atoms with Crippen LogP contribution in [0.4, 0.5) is 15.8 Å². The van der Waals surface area contributed by atoms with Crippen LogP contribution in [0.1, 0.15) is 4.88 Å². The van der Waals surface area contributed by atoms with Gasteiger partial charge in [-0.15, -0.1) is 11.3 Å². The van der Waals surface area contributed by atoms with Crippen molar-refractivity contribution in [3.05, 3.63) is 53.9 Å². The molecule has 1 aromatic heterocycles. The van der Waals surface area contributed by atoms with Crippen molar-refractivity contribution in [1.29, 1.82) is 0 Å². The zero-order valence-electron chi connectivity index (χ0n) is 9.32. The minimum atomic E-state index is -0.657. The Labute approximate surface area is 125 Å². The highest BCUT2D eigenvalue weighted by Gasteiger charge is 2.11. The van der Waals surface area contributed by atoms with Crippen LogP contribution in [0, 0.1) is 15.9 Å². The molecule has 0 aliphatic heterocycles. The number of non-ortho nitro benzene ring substituents is 1. The van der Waals surface area contributed by atoms with Crippen molar-refractivity contribution >= 4 is 50.2 Å². The van der Waals surface area contributed by atoms with Gasteiger partial charge in [0, 0.05) is 22.0 Å². The van der Waals surface area contributed by atoms with Gasteiger partial charge in [0.05, 0.1) is 16.7 Å². The highest BCUT2D eigenvalue weighted by atomic mass is 79.9. The topological polar surface area (TPSA) is 55.2 Å². The smallest absolute Gasteiger partial charge is 0.272 e. The van der Waals surface area contributed by atoms with Crippen LogP contribution in [0.5, 0.6) is 0 Å². The summed E-state index contributed by atoms with van der Waals surface area (Å²) in [5.74, 6) is -0.657. The predicted octanol–water partition coefficient (Wildman–Crippen LogP) is 4.82. The number of nitrogens with one attached hydrogen (secondary N) is 1. The van der Waals surface area contributed by atoms with Gasteiger partial charge in [-0.3, -0.25) is 10.1 Å². The second-order valence-electron chi connectivity index (χ2n) is 3.61. The molecule has 0 radical (unpaired) electrons. The molecule has 0 aliphatic rings. The van der Waals surface area contributed by atoms with Crippen molar-refractivity contribution < 1.29 is 9.31 Å². The van der Waals surface area contributed by atoms with Crippen LogP contribution in [0.3, 0.4) is 0 Å². The highest BCUT2D eigenvalue weighted by molar-refractivity contribution is 9.10. The van der Waals surface area contributed by atoms with Gasteiger partial charge in [-0.25, -0.2) is 4.39 Å². The number of benzene rings is 1. The van der Waals surface area contributed by atoms with E-state index >= 15 is 0 Å². The molecule has 1 N–H and O–H groups in total. The second kappa shape index (κ2) is 5.85. The van der Waals surface area contributed by atoms with Crippen molar-refractivity contribution in [3.63, 3.8) is 0 Å². The van der Waals surface area contributed by atoms with Gasteiger partial charge in [-0.1, -0.05) is 11.6 Å². The van der Waals surface area contributed by atoms with Crippen molar-refractivity contribution in [1.82, 2.24) is 0 Å². The maximum Gasteiger partial charge on any atom is 0.272 e. The molecular weight excluding hydrogens is 359 g/mol. The molecule has 0 saturated carbocycles. The Morgan fingerprint density at radius 1 is 1.47 bits per heavy atom. The van der Waals surface area contributed by atoms with Crippen molar-refractivity contribution in [2.75, 3.05) is 5.32 Å². The van der Waals surface area contributed by atoms with Crippen LogP contribution in [-0.4, -0.2) is 4.92 Å². The van der Waals surface area contributed by atoms with Crippen LogP contribution >= 0.6 is 38.9 Å². The predicted molar refractivity (Wildman–Crippen MR) is 77.4 cm³/mol. The van der Waals surface area contributed by atoms with Crippen molar-refractivity contribution in [2.45, 2.75) is 6.54 Å². The lowest BCUT2D eigenvalue weighted by molar-refractivity contribution is -0.385. The van der Waals surface area contributed by atoms with Gasteiger partial charge in [0.25, 0.3) is 5.69 Å². The van der Waals surface area contributed by atoms with Gasteiger partial charge in [0.15, 0.2) is 5.82 Å². The lowest BCUT2D eigenvalue weighted by atomic mass is 10.2. The number of anilines is 1. The van der Waals surface area contributed by atoms with E-state index in [0.717, 1.165) is 15.4 Å². The third kappa shape index (κ3) is 3.43. The summed E-state index contributed by atoms with van der Waals surface area (Å²) in [6.07, 6.45) is 0. The molecule has 0 bridgehead atoms. The van der Waals surface area contributed by atoms with Crippen molar-refractivity contribution in [3.8, 4) is 0 Å². The molecular formula is C11H7BrClFN2O2S. The first kappa shape index (κ1) is 14.2. The van der Waals surface area contributed by atoms with Crippen LogP contribution in [0.25, 0.3) is 0 Å². The summed E-state index contributed by atoms with van der Waals surface area (Å²) in [6, 6.07) is 5.32. The Hall–Kier alpha value is -1.18. The summed E-state index contributed by atoms with van der Waals surface area (Å²) in [5.41, 5.74) is -0.0591. The number of hydrogen-bond acceptors (Lipinski definition) is 4. The monoisotopic (exact) mass is 364 g/mol. The number of rotatable bonds is 4. The normalized spacial score (nSPS) is 10.5. The zero-order chi connectivity index (χ0) is 14.0. The fourth-order valence-corrected chi connectivity index (χ4v) is 3.15. The number of nitrogens with zero attached hydrogens (tertiary/aromatic N) is 1. The van der Waals surface area contributed by atoms with E-state index in [1.54, 1.807) is 0 Å². The number of nitro groups is 1. The van der Waals surface area contributed by atoms with Gasteiger partial charge in [-0.2, -0.15) is 0 Å². The van der Waals surface area contributed by atoms with E-state index in [2.05, 4.69) is 21.2 Å². The molecule has 4 nitrogen and oxygen atoms in total. The molecule has 1 aromatic carbocycles. The third-order valence-corrected chi connectivity index (χ3v) is 4.79. The molecule has 0 aliphatic carbocycles. The fraction of sp³-hybridized carbons (Fsp3) is 0.0909. The molecule has 0 fully saturated rings. The summed E-state index contributed by atoms with van der Waals surface area (Å²) in [4.78, 5) is 10.8. The first-order valence-electron chi connectivity index (χ1n) is 5.09. The molecule has 0 unspecified atom stereocenters. The molecule has 2 aromatic rings. The summed E-state index contributed by atoms with van der Waals surface area (Å²) in [6.45, 7) is 0.394. The standard InChI is InChI=1S/C11H7BrClFN2O2S/c12-8-4-7(19-11(8)13)5-15-10-2-1-6(16(17)18)3-9(10)14/h1-4,15H,5H2. The first-order valence-corrected chi connectivity index (χ1v) is 7.07. The van der Waals surface area contributed by atoms with E-state index in [1.165, 1.54) is 23.5 Å². The van der Waals surface area contributed by atoms with E-state index in [0.29, 0.717) is 10.9 Å². The average Bonchev–Trinajstić information content (AvgIpc) is 2.67. The van der Waals surface area contributed by atoms with Gasteiger partial charge < -0.3 is 5.32 Å². The molecule has 19 heavy (non-hydrogen) atoms. The van der Waals surface area contributed by atoms with Gasteiger partial charge in [0.2, 0.25) is 0 Å². The minimum absolute atomic E-state index is 0.214. The Balaban J connectivity index is 2.09. The minimum Gasteiger partial charge on any atom is -0.378 e. The lowest BCUT2D eigenvalue weighted by Crippen LogP contribution is -2.00. The van der Waals surface area contributed by atoms with Gasteiger partial charge in [0.1, 0.15) is 4.34 Å². The lowest BCUT2D eigenvalue weighted by Gasteiger charge is -2.05. The molecule has 8 heteroatoms. The zero-order valence-corrected chi connectivity index (χ0v) is 12.5. The quantitative estimate of drug-likeness (QED) is 0.624. The molecule has 100 valence electrons. The first-order chi connectivity index (χ1) is 8.97. The molecule has 0 saturated heterocycles. The summed E-state index contributed by atoms with van der Waals surface area (Å²) in [7, 11) is 0. The van der Waals surface area contributed by atoms with Crippen LogP contribution in [0.2, 0.25) is 4.34 Å². The van der Waals surface area contributed by atoms with E-state index in [1.807, 2.05) is 6.07 Å². The largest absolute Gasteiger partial charge is 0.378 e. The number of nitro benzene ring substituents is 1. The maximum atomic E-state index is 13.6. The Morgan fingerprint density at radius 3 is 2.74 bits per heavy atom. The van der Waals surface area contributed by atoms with E-state index in [4.69, 9.17) is 11.6 Å². The Morgan fingerprint density at radius 2 is 2.21 bits per heavy atom. The van der Waals surface area contributed by atoms with Gasteiger partial charge in [-0.05, 0) is 28.1 Å². The van der Waals surface area contributed by atoms with E-state index in [-0.39, 0.29) is 11.4 Å². The average molecular weight is 366 g/mol.